The first kappa shape index (κ1) is 12.0. The third-order valence-electron chi connectivity index (χ3n) is 2.13. The molecule has 5 heteroatoms. The van der Waals surface area contributed by atoms with E-state index >= 15 is 0 Å². The maximum absolute atomic E-state index is 11.5. The van der Waals surface area contributed by atoms with Gasteiger partial charge in [-0.1, -0.05) is 0 Å². The summed E-state index contributed by atoms with van der Waals surface area (Å²) in [6.45, 7) is 0.256. The summed E-state index contributed by atoms with van der Waals surface area (Å²) in [5, 5.41) is 8.97. The van der Waals surface area contributed by atoms with Crippen molar-refractivity contribution in [3.63, 3.8) is 0 Å². The molecule has 0 spiro atoms. The molecular formula is C11H12N2O3. The molecule has 0 aliphatic heterocycles. The Bertz CT molecular complexity index is 449. The van der Waals surface area contributed by atoms with E-state index in [0.717, 1.165) is 0 Å². The van der Waals surface area contributed by atoms with Crippen molar-refractivity contribution in [3.05, 3.63) is 28.8 Å². The number of ether oxygens (including phenoxy) is 2. The Morgan fingerprint density at radius 3 is 2.62 bits per heavy atom. The van der Waals surface area contributed by atoms with Crippen LogP contribution in [0.5, 0.6) is 5.75 Å². The lowest BCUT2D eigenvalue weighted by Gasteiger charge is -2.09. The van der Waals surface area contributed by atoms with Gasteiger partial charge in [0.05, 0.1) is 19.8 Å². The molecule has 16 heavy (non-hydrogen) atoms. The highest BCUT2D eigenvalue weighted by molar-refractivity contribution is 5.93. The minimum atomic E-state index is -0.579. The van der Waals surface area contributed by atoms with E-state index in [1.807, 2.05) is 6.07 Å². The summed E-state index contributed by atoms with van der Waals surface area (Å²) >= 11 is 0. The normalized spacial score (nSPS) is 9.38. The molecule has 0 fully saturated rings. The minimum Gasteiger partial charge on any atom is -0.495 e. The lowest BCUT2D eigenvalue weighted by Crippen LogP contribution is -2.08. The van der Waals surface area contributed by atoms with Crippen molar-refractivity contribution in [3.8, 4) is 11.8 Å². The second-order valence-corrected chi connectivity index (χ2v) is 3.03. The van der Waals surface area contributed by atoms with E-state index in [2.05, 4.69) is 4.74 Å². The van der Waals surface area contributed by atoms with Gasteiger partial charge in [0, 0.05) is 6.54 Å². The largest absolute Gasteiger partial charge is 0.495 e. The van der Waals surface area contributed by atoms with Crippen molar-refractivity contribution >= 4 is 5.97 Å². The Balaban J connectivity index is 3.44. The van der Waals surface area contributed by atoms with Crippen LogP contribution in [0.1, 0.15) is 21.5 Å². The minimum absolute atomic E-state index is 0.159. The molecule has 0 aliphatic carbocycles. The quantitative estimate of drug-likeness (QED) is 0.762. The summed E-state index contributed by atoms with van der Waals surface area (Å²) in [7, 11) is 2.68. The first-order valence-electron chi connectivity index (χ1n) is 4.57. The molecule has 0 heterocycles. The Hall–Kier alpha value is -2.06. The summed E-state index contributed by atoms with van der Waals surface area (Å²) in [6.07, 6.45) is 0. The molecule has 0 atom stereocenters. The zero-order chi connectivity index (χ0) is 12.1. The number of nitrogens with two attached hydrogens (primary N) is 1. The van der Waals surface area contributed by atoms with Gasteiger partial charge in [-0.2, -0.15) is 5.26 Å². The Morgan fingerprint density at radius 2 is 2.19 bits per heavy atom. The number of nitrogens with zero attached hydrogens (tertiary/aromatic N) is 1. The fraction of sp³-hybridized carbons (Fsp3) is 0.273. The number of hydrogen-bond donors (Lipinski definition) is 1. The molecule has 5 nitrogen and oxygen atoms in total. The molecular weight excluding hydrogens is 208 g/mol. The van der Waals surface area contributed by atoms with Crippen LogP contribution in [0, 0.1) is 11.3 Å². The van der Waals surface area contributed by atoms with E-state index in [1.54, 1.807) is 6.07 Å². The van der Waals surface area contributed by atoms with Crippen LogP contribution in [-0.4, -0.2) is 20.2 Å². The van der Waals surface area contributed by atoms with Crippen molar-refractivity contribution in [2.75, 3.05) is 14.2 Å². The van der Waals surface area contributed by atoms with Crippen LogP contribution >= 0.6 is 0 Å². The van der Waals surface area contributed by atoms with Gasteiger partial charge in [0.25, 0.3) is 0 Å². The Morgan fingerprint density at radius 1 is 1.50 bits per heavy atom. The molecule has 0 aromatic heterocycles. The molecule has 1 aromatic rings. The number of rotatable bonds is 3. The molecule has 0 amide bonds. The van der Waals surface area contributed by atoms with Gasteiger partial charge in [-0.05, 0) is 17.7 Å². The monoisotopic (exact) mass is 220 g/mol. The third kappa shape index (κ3) is 2.12. The zero-order valence-electron chi connectivity index (χ0n) is 9.11. The summed E-state index contributed by atoms with van der Waals surface area (Å²) in [5.41, 5.74) is 6.52. The average Bonchev–Trinajstić information content (AvgIpc) is 2.35. The topological polar surface area (TPSA) is 85.3 Å². The summed E-state index contributed by atoms with van der Waals surface area (Å²) in [5.74, 6) is -0.254. The van der Waals surface area contributed by atoms with Crippen molar-refractivity contribution < 1.29 is 14.3 Å². The maximum Gasteiger partial charge on any atom is 0.339 e. The SMILES string of the molecule is COC(=O)c1cc(CN)cc(OC)c1C#N. The smallest absolute Gasteiger partial charge is 0.339 e. The van der Waals surface area contributed by atoms with Crippen LogP contribution < -0.4 is 10.5 Å². The van der Waals surface area contributed by atoms with E-state index in [4.69, 9.17) is 15.7 Å². The molecule has 0 aliphatic rings. The van der Waals surface area contributed by atoms with Crippen LogP contribution in [0.15, 0.2) is 12.1 Å². The zero-order valence-corrected chi connectivity index (χ0v) is 9.11. The summed E-state index contributed by atoms with van der Waals surface area (Å²) in [6, 6.07) is 5.08. The third-order valence-corrected chi connectivity index (χ3v) is 2.13. The van der Waals surface area contributed by atoms with Crippen molar-refractivity contribution in [2.24, 2.45) is 5.73 Å². The van der Waals surface area contributed by atoms with Crippen LogP contribution in [0.2, 0.25) is 0 Å². The number of carbonyl (C=O) groups excluding carboxylic acids is 1. The number of nitriles is 1. The molecule has 84 valence electrons. The first-order valence-corrected chi connectivity index (χ1v) is 4.57. The van der Waals surface area contributed by atoms with Crippen LogP contribution in [0.4, 0.5) is 0 Å². The Labute approximate surface area is 93.4 Å². The standard InChI is InChI=1S/C11H12N2O3/c1-15-10-4-7(5-12)3-8(9(10)6-13)11(14)16-2/h3-4H,5,12H2,1-2H3. The van der Waals surface area contributed by atoms with E-state index < -0.39 is 5.97 Å². The highest BCUT2D eigenvalue weighted by Crippen LogP contribution is 2.24. The maximum atomic E-state index is 11.5. The highest BCUT2D eigenvalue weighted by atomic mass is 16.5. The second kappa shape index (κ2) is 5.14. The van der Waals surface area contributed by atoms with Gasteiger partial charge in [-0.25, -0.2) is 4.79 Å². The molecule has 0 saturated carbocycles. The number of hydrogen-bond acceptors (Lipinski definition) is 5. The van der Waals surface area contributed by atoms with E-state index in [1.165, 1.54) is 20.3 Å². The molecule has 2 N–H and O–H groups in total. The molecule has 0 bridgehead atoms. The van der Waals surface area contributed by atoms with Crippen LogP contribution in [0.25, 0.3) is 0 Å². The fourth-order valence-corrected chi connectivity index (χ4v) is 1.34. The first-order chi connectivity index (χ1) is 7.67. The van der Waals surface area contributed by atoms with E-state index in [0.29, 0.717) is 11.3 Å². The molecule has 0 radical (unpaired) electrons. The van der Waals surface area contributed by atoms with Gasteiger partial charge in [-0.3, -0.25) is 0 Å². The number of esters is 1. The highest BCUT2D eigenvalue weighted by Gasteiger charge is 2.17. The van der Waals surface area contributed by atoms with Gasteiger partial charge >= 0.3 is 5.97 Å². The van der Waals surface area contributed by atoms with E-state index in [9.17, 15) is 4.79 Å². The number of methoxy groups -OCH3 is 2. The van der Waals surface area contributed by atoms with E-state index in [-0.39, 0.29) is 17.7 Å². The van der Waals surface area contributed by atoms with Gasteiger partial charge in [0.15, 0.2) is 0 Å². The van der Waals surface area contributed by atoms with Crippen molar-refractivity contribution in [2.45, 2.75) is 6.54 Å². The number of benzene rings is 1. The van der Waals surface area contributed by atoms with Gasteiger partial charge in [-0.15, -0.1) is 0 Å². The van der Waals surface area contributed by atoms with Crippen molar-refractivity contribution in [1.29, 1.82) is 5.26 Å². The van der Waals surface area contributed by atoms with Gasteiger partial charge in [0.1, 0.15) is 17.4 Å². The van der Waals surface area contributed by atoms with Gasteiger partial charge < -0.3 is 15.2 Å². The van der Waals surface area contributed by atoms with Crippen molar-refractivity contribution in [1.82, 2.24) is 0 Å². The predicted octanol–water partition coefficient (Wildman–Crippen LogP) is 0.812. The van der Waals surface area contributed by atoms with Crippen LogP contribution in [-0.2, 0) is 11.3 Å². The molecule has 1 aromatic carbocycles. The molecule has 1 rings (SSSR count). The lowest BCUT2D eigenvalue weighted by atomic mass is 10.0. The Kier molecular flexibility index (Phi) is 3.86. The summed E-state index contributed by atoms with van der Waals surface area (Å²) < 4.78 is 9.62. The average molecular weight is 220 g/mol. The number of carbonyl (C=O) groups is 1. The molecule has 0 saturated heterocycles. The fourth-order valence-electron chi connectivity index (χ4n) is 1.34. The molecule has 0 unspecified atom stereocenters. The summed E-state index contributed by atoms with van der Waals surface area (Å²) in [4.78, 5) is 11.5. The van der Waals surface area contributed by atoms with Gasteiger partial charge in [0.2, 0.25) is 0 Å². The second-order valence-electron chi connectivity index (χ2n) is 3.03. The predicted molar refractivity (Wildman–Crippen MR) is 56.9 cm³/mol. The lowest BCUT2D eigenvalue weighted by molar-refractivity contribution is 0.0600. The van der Waals surface area contributed by atoms with Crippen LogP contribution in [0.3, 0.4) is 0 Å².